The number of benzene rings is 1. The summed E-state index contributed by atoms with van der Waals surface area (Å²) >= 11 is 1.70. The van der Waals surface area contributed by atoms with Gasteiger partial charge in [-0.15, -0.1) is 11.3 Å². The second kappa shape index (κ2) is 13.1. The number of aliphatic carboxylic acids is 1. The van der Waals surface area contributed by atoms with Gasteiger partial charge in [-0.3, -0.25) is 4.79 Å². The van der Waals surface area contributed by atoms with Gasteiger partial charge < -0.3 is 21.1 Å². The van der Waals surface area contributed by atoms with Crippen molar-refractivity contribution in [1.29, 1.82) is 0 Å². The highest BCUT2D eigenvalue weighted by molar-refractivity contribution is 7.89. The fourth-order valence-corrected chi connectivity index (χ4v) is 6.59. The Labute approximate surface area is 234 Å². The number of H-pyrrole nitrogens is 1. The number of carboxylic acids is 1. The zero-order valence-corrected chi connectivity index (χ0v) is 23.8. The molecule has 1 aliphatic rings. The predicted octanol–water partition coefficient (Wildman–Crippen LogP) is 4.66. The van der Waals surface area contributed by atoms with Gasteiger partial charge in [-0.25, -0.2) is 17.5 Å². The van der Waals surface area contributed by atoms with E-state index in [9.17, 15) is 26.4 Å². The van der Waals surface area contributed by atoms with Crippen molar-refractivity contribution in [3.05, 3.63) is 45.8 Å². The first-order chi connectivity index (χ1) is 18.8. The molecule has 3 aromatic rings. The van der Waals surface area contributed by atoms with Gasteiger partial charge in [-0.2, -0.15) is 13.2 Å². The summed E-state index contributed by atoms with van der Waals surface area (Å²) < 4.78 is 57.8. The van der Waals surface area contributed by atoms with E-state index < -0.39 is 28.1 Å². The summed E-state index contributed by atoms with van der Waals surface area (Å²) in [6.45, 7) is 6.69. The number of amides is 1. The van der Waals surface area contributed by atoms with Gasteiger partial charge >= 0.3 is 12.1 Å². The molecule has 1 amide bonds. The number of alkyl halides is 3. The van der Waals surface area contributed by atoms with E-state index in [0.29, 0.717) is 18.7 Å². The number of nitrogens with one attached hydrogen (secondary N) is 2. The maximum Gasteiger partial charge on any atom is 0.490 e. The van der Waals surface area contributed by atoms with Crippen LogP contribution in [0.2, 0.25) is 0 Å². The van der Waals surface area contributed by atoms with Crippen LogP contribution in [0.1, 0.15) is 59.8 Å². The molecular formula is C26H33F3N4O5S2. The van der Waals surface area contributed by atoms with E-state index in [1.807, 2.05) is 12.3 Å². The highest BCUT2D eigenvalue weighted by Gasteiger charge is 2.38. The topological polar surface area (TPSA) is 146 Å². The molecule has 0 unspecified atom stereocenters. The van der Waals surface area contributed by atoms with Crippen LogP contribution in [0, 0.1) is 0 Å². The van der Waals surface area contributed by atoms with Crippen LogP contribution in [0.3, 0.4) is 0 Å². The molecular weight excluding hydrogens is 569 g/mol. The van der Waals surface area contributed by atoms with Crippen molar-refractivity contribution < 1.29 is 36.3 Å². The third-order valence-electron chi connectivity index (χ3n) is 6.69. The number of fused-ring (bicyclic) bond motifs is 1. The minimum atomic E-state index is -5.08. The van der Waals surface area contributed by atoms with Gasteiger partial charge in [0.2, 0.25) is 10.0 Å². The Bertz CT molecular complexity index is 1440. The fourth-order valence-electron chi connectivity index (χ4n) is 4.59. The highest BCUT2D eigenvalue weighted by Crippen LogP contribution is 2.38. The number of thiophene rings is 1. The van der Waals surface area contributed by atoms with Gasteiger partial charge in [-0.1, -0.05) is 6.92 Å². The molecule has 4 rings (SSSR count). The molecule has 5 N–H and O–H groups in total. The van der Waals surface area contributed by atoms with E-state index in [0.717, 1.165) is 59.9 Å². The van der Waals surface area contributed by atoms with Gasteiger partial charge in [-0.05, 0) is 78.9 Å². The molecule has 0 saturated carbocycles. The molecule has 1 saturated heterocycles. The lowest BCUT2D eigenvalue weighted by Gasteiger charge is -2.31. The number of rotatable bonds is 9. The molecule has 1 aromatic carbocycles. The second-order valence-corrected chi connectivity index (χ2v) is 12.7. The Morgan fingerprint density at radius 2 is 1.82 bits per heavy atom. The number of hydrogen-bond acceptors (Lipinski definition) is 6. The summed E-state index contributed by atoms with van der Waals surface area (Å²) in [6, 6.07) is 6.17. The SMILES string of the molecule is CCCNCc1cc(-c2cc(C(N)=O)c3[nH]cc(C4CCN(S(=O)(=O)CC)CC4)c3c2)cs1.O=C(O)C(F)(F)F. The number of sulfonamides is 1. The number of carboxylic acid groups (broad SMARTS) is 1. The largest absolute Gasteiger partial charge is 0.490 e. The number of carbonyl (C=O) groups is 2. The van der Waals surface area contributed by atoms with Crippen molar-refractivity contribution in [2.45, 2.75) is 51.7 Å². The van der Waals surface area contributed by atoms with E-state index in [1.165, 1.54) is 4.88 Å². The summed E-state index contributed by atoms with van der Waals surface area (Å²) in [4.78, 5) is 25.7. The minimum absolute atomic E-state index is 0.132. The molecule has 1 fully saturated rings. The molecule has 0 radical (unpaired) electrons. The number of piperidine rings is 1. The van der Waals surface area contributed by atoms with Crippen LogP contribution in [0.5, 0.6) is 0 Å². The highest BCUT2D eigenvalue weighted by atomic mass is 32.2. The van der Waals surface area contributed by atoms with E-state index in [4.69, 9.17) is 15.6 Å². The predicted molar refractivity (Wildman–Crippen MR) is 149 cm³/mol. The zero-order chi connectivity index (χ0) is 29.7. The molecule has 0 spiro atoms. The first-order valence-corrected chi connectivity index (χ1v) is 15.3. The lowest BCUT2D eigenvalue weighted by Crippen LogP contribution is -2.38. The van der Waals surface area contributed by atoms with Crippen molar-refractivity contribution in [2.24, 2.45) is 5.73 Å². The molecule has 0 atom stereocenters. The van der Waals surface area contributed by atoms with Crippen molar-refractivity contribution in [3.8, 4) is 11.1 Å². The smallest absolute Gasteiger partial charge is 0.475 e. The van der Waals surface area contributed by atoms with Crippen LogP contribution < -0.4 is 11.1 Å². The first kappa shape index (κ1) is 31.6. The lowest BCUT2D eigenvalue weighted by atomic mass is 9.88. The number of carbonyl (C=O) groups excluding carboxylic acids is 1. The maximum atomic E-state index is 12.3. The molecule has 3 heterocycles. The Morgan fingerprint density at radius 1 is 1.18 bits per heavy atom. The normalized spacial score (nSPS) is 15.1. The minimum Gasteiger partial charge on any atom is -0.475 e. The Kier molecular flexibility index (Phi) is 10.4. The van der Waals surface area contributed by atoms with Crippen LogP contribution in [-0.4, -0.2) is 66.3 Å². The molecule has 9 nitrogen and oxygen atoms in total. The van der Waals surface area contributed by atoms with Crippen LogP contribution in [-0.2, 0) is 21.4 Å². The molecule has 40 heavy (non-hydrogen) atoms. The average molecular weight is 603 g/mol. The zero-order valence-electron chi connectivity index (χ0n) is 22.2. The van der Waals surface area contributed by atoms with Gasteiger partial charge in [0, 0.05) is 36.1 Å². The average Bonchev–Trinajstić information content (AvgIpc) is 3.55. The standard InChI is InChI=1S/C24H32N4O3S2.C2HF3O2/c1-3-7-26-13-19-10-18(15-32-19)17-11-20-22(14-27-23(20)21(12-17)24(25)29)16-5-8-28(9-6-16)33(30,31)4-2;3-2(4,5)1(6)7/h10-12,14-16,26-27H,3-9,13H2,1-2H3,(H2,25,29);(H,6,7). The molecule has 0 aliphatic carbocycles. The summed E-state index contributed by atoms with van der Waals surface area (Å²) in [7, 11) is -3.16. The van der Waals surface area contributed by atoms with Crippen LogP contribution in [0.4, 0.5) is 13.2 Å². The number of hydrogen-bond donors (Lipinski definition) is 4. The van der Waals surface area contributed by atoms with E-state index in [2.05, 4.69) is 34.7 Å². The molecule has 220 valence electrons. The molecule has 2 aromatic heterocycles. The van der Waals surface area contributed by atoms with E-state index in [-0.39, 0.29) is 11.7 Å². The lowest BCUT2D eigenvalue weighted by molar-refractivity contribution is -0.192. The van der Waals surface area contributed by atoms with Crippen molar-refractivity contribution >= 4 is 44.1 Å². The number of nitrogens with two attached hydrogens (primary N) is 1. The molecule has 0 bridgehead atoms. The van der Waals surface area contributed by atoms with Crippen LogP contribution in [0.15, 0.2) is 29.8 Å². The van der Waals surface area contributed by atoms with Crippen LogP contribution >= 0.6 is 11.3 Å². The second-order valence-electron chi connectivity index (χ2n) is 9.41. The van der Waals surface area contributed by atoms with Gasteiger partial charge in [0.25, 0.3) is 5.91 Å². The van der Waals surface area contributed by atoms with E-state index in [1.54, 1.807) is 22.6 Å². The first-order valence-electron chi connectivity index (χ1n) is 12.8. The third-order valence-corrected chi connectivity index (χ3v) is 9.51. The van der Waals surface area contributed by atoms with Crippen molar-refractivity contribution in [3.63, 3.8) is 0 Å². The van der Waals surface area contributed by atoms with Crippen LogP contribution in [0.25, 0.3) is 22.0 Å². The van der Waals surface area contributed by atoms with Crippen molar-refractivity contribution in [1.82, 2.24) is 14.6 Å². The number of primary amides is 1. The number of halogens is 3. The Hall–Kier alpha value is -2.94. The van der Waals surface area contributed by atoms with Crippen molar-refractivity contribution in [2.75, 3.05) is 25.4 Å². The fraction of sp³-hybridized carbons (Fsp3) is 0.462. The summed E-state index contributed by atoms with van der Waals surface area (Å²) in [6.07, 6.45) is -0.512. The van der Waals surface area contributed by atoms with Gasteiger partial charge in [0.1, 0.15) is 0 Å². The Morgan fingerprint density at radius 3 is 2.38 bits per heavy atom. The number of nitrogens with zero attached hydrogens (tertiary/aromatic N) is 1. The third kappa shape index (κ3) is 7.62. The Balaban J connectivity index is 0.000000559. The van der Waals surface area contributed by atoms with E-state index >= 15 is 0 Å². The number of aromatic amines is 1. The monoisotopic (exact) mass is 602 g/mol. The molecule has 1 aliphatic heterocycles. The number of aromatic nitrogens is 1. The summed E-state index contributed by atoms with van der Waals surface area (Å²) in [5.74, 6) is -2.85. The summed E-state index contributed by atoms with van der Waals surface area (Å²) in [5.41, 5.74) is 10.2. The maximum absolute atomic E-state index is 12.3. The summed E-state index contributed by atoms with van der Waals surface area (Å²) in [5, 5.41) is 13.7. The quantitative estimate of drug-likeness (QED) is 0.262. The van der Waals surface area contributed by atoms with Gasteiger partial charge in [0.05, 0.1) is 16.8 Å². The van der Waals surface area contributed by atoms with Gasteiger partial charge in [0.15, 0.2) is 0 Å². The molecule has 14 heteroatoms.